The molecule has 0 amide bonds. The minimum Gasteiger partial charge on any atom is -0.379 e. The van der Waals surface area contributed by atoms with Gasteiger partial charge in [-0.1, -0.05) is 27.7 Å². The molecule has 0 fully saturated rings. The van der Waals surface area contributed by atoms with Gasteiger partial charge in [0.05, 0.1) is 12.1 Å². The second kappa shape index (κ2) is 6.34. The molecule has 1 heterocycles. The average molecular weight is 253 g/mol. The van der Waals surface area contributed by atoms with Crippen molar-refractivity contribution in [3.8, 4) is 0 Å². The average Bonchev–Trinajstić information content (AvgIpc) is 2.68. The van der Waals surface area contributed by atoms with Crippen LogP contribution in [0.4, 0.5) is 0 Å². The van der Waals surface area contributed by atoms with E-state index < -0.39 is 0 Å². The first kappa shape index (κ1) is 15.2. The van der Waals surface area contributed by atoms with Crippen molar-refractivity contribution in [2.75, 3.05) is 13.7 Å². The first-order valence-corrected chi connectivity index (χ1v) is 6.65. The Bertz CT molecular complexity index is 354. The summed E-state index contributed by atoms with van der Waals surface area (Å²) in [5.74, 6) is 1.03. The van der Waals surface area contributed by atoms with Gasteiger partial charge in [-0.15, -0.1) is 0 Å². The lowest BCUT2D eigenvalue weighted by atomic mass is 9.84. The first-order chi connectivity index (χ1) is 8.41. The summed E-state index contributed by atoms with van der Waals surface area (Å²) in [4.78, 5) is 4.47. The molecule has 18 heavy (non-hydrogen) atoms. The minimum absolute atomic E-state index is 0.0616. The minimum atomic E-state index is 0.0616. The van der Waals surface area contributed by atoms with E-state index >= 15 is 0 Å². The Balaban J connectivity index is 3.00. The molecule has 0 radical (unpaired) electrons. The zero-order chi connectivity index (χ0) is 13.8. The molecule has 4 heteroatoms. The van der Waals surface area contributed by atoms with E-state index in [2.05, 4.69) is 42.6 Å². The van der Waals surface area contributed by atoms with Gasteiger partial charge in [0.2, 0.25) is 0 Å². The summed E-state index contributed by atoms with van der Waals surface area (Å²) in [5.41, 5.74) is 0.0616. The second-order valence-corrected chi connectivity index (χ2v) is 5.85. The number of methoxy groups -OCH3 is 1. The molecule has 2 atom stereocenters. The highest BCUT2D eigenvalue weighted by molar-refractivity contribution is 5.04. The summed E-state index contributed by atoms with van der Waals surface area (Å²) in [7, 11) is 3.80. The number of hydrogen-bond acceptors (Lipinski definition) is 3. The summed E-state index contributed by atoms with van der Waals surface area (Å²) in [5, 5.41) is 3.56. The van der Waals surface area contributed by atoms with E-state index in [-0.39, 0.29) is 17.6 Å². The van der Waals surface area contributed by atoms with Crippen LogP contribution in [0.2, 0.25) is 0 Å². The van der Waals surface area contributed by atoms with Crippen LogP contribution in [-0.2, 0) is 11.8 Å². The lowest BCUT2D eigenvalue weighted by Crippen LogP contribution is -2.43. The standard InChI is InChI=1S/C14H27N3O/c1-7-8-15-11(12(18-6)14(2,3)4)13-16-9-10-17(13)5/h9-12,15H,7-8H2,1-6H3. The number of hydrogen-bond donors (Lipinski definition) is 1. The molecular weight excluding hydrogens is 226 g/mol. The Morgan fingerprint density at radius 2 is 2.11 bits per heavy atom. The number of aromatic nitrogens is 2. The lowest BCUT2D eigenvalue weighted by Gasteiger charge is -2.36. The van der Waals surface area contributed by atoms with Crippen LogP contribution >= 0.6 is 0 Å². The quantitative estimate of drug-likeness (QED) is 0.846. The highest BCUT2D eigenvalue weighted by Crippen LogP contribution is 2.31. The molecule has 0 bridgehead atoms. The maximum absolute atomic E-state index is 5.74. The number of ether oxygens (including phenoxy) is 1. The molecule has 0 saturated heterocycles. The fourth-order valence-corrected chi connectivity index (χ4v) is 2.30. The van der Waals surface area contributed by atoms with Crippen molar-refractivity contribution in [3.63, 3.8) is 0 Å². The van der Waals surface area contributed by atoms with Crippen molar-refractivity contribution >= 4 is 0 Å². The zero-order valence-corrected chi connectivity index (χ0v) is 12.5. The van der Waals surface area contributed by atoms with Crippen molar-refractivity contribution < 1.29 is 4.74 Å². The molecule has 0 saturated carbocycles. The van der Waals surface area contributed by atoms with E-state index in [0.717, 1.165) is 18.8 Å². The third-order valence-electron chi connectivity index (χ3n) is 3.16. The van der Waals surface area contributed by atoms with E-state index in [0.29, 0.717) is 0 Å². The van der Waals surface area contributed by atoms with E-state index in [4.69, 9.17) is 4.74 Å². The molecule has 4 nitrogen and oxygen atoms in total. The fraction of sp³-hybridized carbons (Fsp3) is 0.786. The number of nitrogens with zero attached hydrogens (tertiary/aromatic N) is 2. The van der Waals surface area contributed by atoms with Crippen LogP contribution < -0.4 is 5.32 Å². The smallest absolute Gasteiger partial charge is 0.128 e. The van der Waals surface area contributed by atoms with Crippen LogP contribution in [0.1, 0.15) is 46.0 Å². The van der Waals surface area contributed by atoms with Crippen molar-refractivity contribution in [1.29, 1.82) is 0 Å². The van der Waals surface area contributed by atoms with Crippen LogP contribution in [0, 0.1) is 5.41 Å². The number of aryl methyl sites for hydroxylation is 1. The molecule has 1 N–H and O–H groups in total. The molecule has 1 aromatic rings. The zero-order valence-electron chi connectivity index (χ0n) is 12.5. The molecule has 0 aliphatic heterocycles. The van der Waals surface area contributed by atoms with Crippen LogP contribution in [0.3, 0.4) is 0 Å². The van der Waals surface area contributed by atoms with Crippen molar-refractivity contribution in [2.24, 2.45) is 12.5 Å². The Morgan fingerprint density at radius 3 is 2.50 bits per heavy atom. The normalized spacial score (nSPS) is 15.7. The molecule has 0 aromatic carbocycles. The van der Waals surface area contributed by atoms with Gasteiger partial charge in [-0.3, -0.25) is 0 Å². The number of imidazole rings is 1. The molecule has 1 aromatic heterocycles. The van der Waals surface area contributed by atoms with E-state index in [9.17, 15) is 0 Å². The third kappa shape index (κ3) is 3.56. The predicted molar refractivity (Wildman–Crippen MR) is 74.5 cm³/mol. The van der Waals surface area contributed by atoms with Crippen molar-refractivity contribution in [2.45, 2.75) is 46.3 Å². The highest BCUT2D eigenvalue weighted by atomic mass is 16.5. The predicted octanol–water partition coefficient (Wildman–Crippen LogP) is 2.52. The van der Waals surface area contributed by atoms with Gasteiger partial charge in [0.1, 0.15) is 5.82 Å². The van der Waals surface area contributed by atoms with Crippen molar-refractivity contribution in [3.05, 3.63) is 18.2 Å². The van der Waals surface area contributed by atoms with Crippen LogP contribution in [0.25, 0.3) is 0 Å². The summed E-state index contributed by atoms with van der Waals surface area (Å²) >= 11 is 0. The third-order valence-corrected chi connectivity index (χ3v) is 3.16. The van der Waals surface area contributed by atoms with Crippen LogP contribution in [0.5, 0.6) is 0 Å². The van der Waals surface area contributed by atoms with Crippen LogP contribution in [0.15, 0.2) is 12.4 Å². The van der Waals surface area contributed by atoms with Gasteiger partial charge in [-0.2, -0.15) is 0 Å². The highest BCUT2D eigenvalue weighted by Gasteiger charge is 2.35. The molecule has 1 rings (SSSR count). The Kier molecular flexibility index (Phi) is 5.35. The monoisotopic (exact) mass is 253 g/mol. The van der Waals surface area contributed by atoms with Gasteiger partial charge < -0.3 is 14.6 Å². The molecular formula is C14H27N3O. The molecule has 0 spiro atoms. The Labute approximate surface area is 111 Å². The second-order valence-electron chi connectivity index (χ2n) is 5.85. The molecule has 104 valence electrons. The van der Waals surface area contributed by atoms with Gasteiger partial charge >= 0.3 is 0 Å². The fourth-order valence-electron chi connectivity index (χ4n) is 2.30. The maximum Gasteiger partial charge on any atom is 0.128 e. The van der Waals surface area contributed by atoms with Gasteiger partial charge in [0.15, 0.2) is 0 Å². The van der Waals surface area contributed by atoms with E-state index in [1.807, 2.05) is 19.4 Å². The molecule has 0 aliphatic rings. The van der Waals surface area contributed by atoms with Crippen LogP contribution in [-0.4, -0.2) is 29.3 Å². The summed E-state index contributed by atoms with van der Waals surface area (Å²) in [6, 6.07) is 0.120. The maximum atomic E-state index is 5.74. The topological polar surface area (TPSA) is 39.1 Å². The number of nitrogens with one attached hydrogen (secondary N) is 1. The molecule has 2 unspecified atom stereocenters. The summed E-state index contributed by atoms with van der Waals surface area (Å²) in [6.45, 7) is 9.73. The van der Waals surface area contributed by atoms with Gasteiger partial charge in [0.25, 0.3) is 0 Å². The Morgan fingerprint density at radius 1 is 1.44 bits per heavy atom. The largest absolute Gasteiger partial charge is 0.379 e. The first-order valence-electron chi connectivity index (χ1n) is 6.65. The SMILES string of the molecule is CCCNC(c1nccn1C)C(OC)C(C)(C)C. The van der Waals surface area contributed by atoms with Crippen molar-refractivity contribution in [1.82, 2.24) is 14.9 Å². The lowest BCUT2D eigenvalue weighted by molar-refractivity contribution is -0.0146. The summed E-state index contributed by atoms with van der Waals surface area (Å²) < 4.78 is 7.80. The van der Waals surface area contributed by atoms with Gasteiger partial charge in [-0.25, -0.2) is 4.98 Å². The van der Waals surface area contributed by atoms with E-state index in [1.165, 1.54) is 0 Å². The Hall–Kier alpha value is -0.870. The summed E-state index contributed by atoms with van der Waals surface area (Å²) in [6.07, 6.45) is 5.00. The molecule has 0 aliphatic carbocycles. The van der Waals surface area contributed by atoms with Gasteiger partial charge in [-0.05, 0) is 18.4 Å². The van der Waals surface area contributed by atoms with Gasteiger partial charge in [0, 0.05) is 26.6 Å². The van der Waals surface area contributed by atoms with E-state index in [1.54, 1.807) is 7.11 Å². The number of rotatable bonds is 6.